The van der Waals surface area contributed by atoms with Gasteiger partial charge in [-0.05, 0) is 36.1 Å². The quantitative estimate of drug-likeness (QED) is 0.494. The summed E-state index contributed by atoms with van der Waals surface area (Å²) in [6, 6.07) is 16.3. The number of aliphatic imine (C=N–C) groups is 1. The molecular weight excluding hydrogens is 404 g/mol. The molecule has 1 unspecified atom stereocenters. The molecule has 0 spiro atoms. The first kappa shape index (κ1) is 22.1. The van der Waals surface area contributed by atoms with Crippen molar-refractivity contribution in [2.24, 2.45) is 16.6 Å². The van der Waals surface area contributed by atoms with E-state index < -0.39 is 5.60 Å². The van der Waals surface area contributed by atoms with Gasteiger partial charge in [-0.3, -0.25) is 4.79 Å². The number of rotatable bonds is 5. The maximum absolute atomic E-state index is 13.6. The van der Waals surface area contributed by atoms with Gasteiger partial charge in [-0.1, -0.05) is 55.3 Å². The van der Waals surface area contributed by atoms with Crippen molar-refractivity contribution in [3.8, 4) is 5.75 Å². The Bertz CT molecular complexity index is 951. The van der Waals surface area contributed by atoms with Crippen LogP contribution in [0.3, 0.4) is 0 Å². The van der Waals surface area contributed by atoms with Crippen LogP contribution in [0.25, 0.3) is 0 Å². The van der Waals surface area contributed by atoms with Crippen molar-refractivity contribution in [2.45, 2.75) is 37.8 Å². The van der Waals surface area contributed by atoms with Gasteiger partial charge in [-0.15, -0.1) is 0 Å². The normalized spacial score (nSPS) is 19.7. The van der Waals surface area contributed by atoms with Crippen molar-refractivity contribution in [1.29, 1.82) is 0 Å². The highest BCUT2D eigenvalue weighted by Crippen LogP contribution is 2.42. The van der Waals surface area contributed by atoms with Crippen LogP contribution in [0.1, 0.15) is 36.8 Å². The molecule has 7 heteroatoms. The zero-order chi connectivity index (χ0) is 22.6. The molecule has 2 aromatic carbocycles. The summed E-state index contributed by atoms with van der Waals surface area (Å²) in [5.41, 5.74) is 6.28. The predicted molar refractivity (Wildman–Crippen MR) is 124 cm³/mol. The molecule has 1 heterocycles. The molecule has 1 amide bonds. The van der Waals surface area contributed by atoms with E-state index in [1.807, 2.05) is 41.3 Å². The summed E-state index contributed by atoms with van der Waals surface area (Å²) in [7, 11) is 0. The first-order valence-electron chi connectivity index (χ1n) is 11.4. The molecule has 4 rings (SSSR count). The van der Waals surface area contributed by atoms with Gasteiger partial charge in [-0.25, -0.2) is 4.99 Å². The molecule has 7 nitrogen and oxygen atoms in total. The number of guanidine groups is 1. The Morgan fingerprint density at radius 3 is 2.31 bits per heavy atom. The second-order valence-electron chi connectivity index (χ2n) is 8.74. The smallest absolute Gasteiger partial charge is 0.259 e. The van der Waals surface area contributed by atoms with Crippen LogP contribution >= 0.6 is 0 Å². The Balaban J connectivity index is 1.42. The minimum Gasteiger partial charge on any atom is -0.508 e. The number of hydrogen-bond donors (Lipinski definition) is 3. The largest absolute Gasteiger partial charge is 0.508 e. The highest BCUT2D eigenvalue weighted by Gasteiger charge is 2.48. The number of nitrogens with zero attached hydrogens (tertiary/aromatic N) is 3. The van der Waals surface area contributed by atoms with Gasteiger partial charge in [0.05, 0.1) is 6.54 Å². The molecule has 4 N–H and O–H groups in total. The van der Waals surface area contributed by atoms with Crippen molar-refractivity contribution in [3.63, 3.8) is 0 Å². The summed E-state index contributed by atoms with van der Waals surface area (Å²) in [5.74, 6) is 0.376. The van der Waals surface area contributed by atoms with Crippen LogP contribution in [-0.2, 0) is 16.9 Å². The SMILES string of the molecule is NC(=NCc1cccc(O)c1)N1CCN(C(=O)C(O)(c2ccccc2)C2CCCC2)CC1. The number of hydrogen-bond acceptors (Lipinski definition) is 4. The highest BCUT2D eigenvalue weighted by atomic mass is 16.3. The molecular formula is C25H32N4O3. The maximum Gasteiger partial charge on any atom is 0.259 e. The minimum absolute atomic E-state index is 0.0515. The van der Waals surface area contributed by atoms with E-state index >= 15 is 0 Å². The van der Waals surface area contributed by atoms with Crippen LogP contribution in [0.2, 0.25) is 0 Å². The molecule has 1 aliphatic carbocycles. The Labute approximate surface area is 189 Å². The van der Waals surface area contributed by atoms with Gasteiger partial charge in [0, 0.05) is 32.1 Å². The van der Waals surface area contributed by atoms with E-state index in [-0.39, 0.29) is 17.6 Å². The molecule has 2 fully saturated rings. The number of nitrogens with two attached hydrogens (primary N) is 1. The number of carbonyl (C=O) groups is 1. The summed E-state index contributed by atoms with van der Waals surface area (Å²) >= 11 is 0. The number of phenolic OH excluding ortho intramolecular Hbond substituents is 1. The fourth-order valence-corrected chi connectivity index (χ4v) is 4.88. The predicted octanol–water partition coefficient (Wildman–Crippen LogP) is 2.43. The Hall–Kier alpha value is -3.06. The average Bonchev–Trinajstić information content (AvgIpc) is 3.38. The number of phenols is 1. The average molecular weight is 437 g/mol. The molecule has 2 aromatic rings. The number of aromatic hydroxyl groups is 1. The number of aliphatic hydroxyl groups is 1. The van der Waals surface area contributed by atoms with E-state index in [2.05, 4.69) is 4.99 Å². The molecule has 1 saturated carbocycles. The van der Waals surface area contributed by atoms with Crippen LogP contribution in [0.5, 0.6) is 5.75 Å². The van der Waals surface area contributed by atoms with Crippen LogP contribution in [0.4, 0.5) is 0 Å². The molecule has 0 radical (unpaired) electrons. The topological polar surface area (TPSA) is 102 Å². The Kier molecular flexibility index (Phi) is 6.65. The van der Waals surface area contributed by atoms with Crippen molar-refractivity contribution in [1.82, 2.24) is 9.80 Å². The van der Waals surface area contributed by atoms with E-state index in [1.54, 1.807) is 23.1 Å². The summed E-state index contributed by atoms with van der Waals surface area (Å²) in [6.45, 7) is 2.49. The van der Waals surface area contributed by atoms with Gasteiger partial charge in [0.2, 0.25) is 0 Å². The standard InChI is InChI=1S/C25H32N4O3/c26-24(27-18-19-7-6-12-22(30)17-19)29-15-13-28(14-16-29)23(31)25(32,21-10-4-5-11-21)20-8-2-1-3-9-20/h1-3,6-9,12,17,21,30,32H,4-5,10-11,13-16,18H2,(H2,26,27). The molecule has 32 heavy (non-hydrogen) atoms. The molecule has 170 valence electrons. The lowest BCUT2D eigenvalue weighted by Gasteiger charge is -2.41. The number of carbonyl (C=O) groups excluding carboxylic acids is 1. The summed E-state index contributed by atoms with van der Waals surface area (Å²) in [6.07, 6.45) is 3.83. The molecule has 1 aliphatic heterocycles. The fourth-order valence-electron chi connectivity index (χ4n) is 4.88. The number of benzene rings is 2. The second-order valence-corrected chi connectivity index (χ2v) is 8.74. The first-order chi connectivity index (χ1) is 15.5. The third-order valence-electron chi connectivity index (χ3n) is 6.71. The maximum atomic E-state index is 13.6. The molecule has 1 saturated heterocycles. The summed E-state index contributed by atoms with van der Waals surface area (Å²) < 4.78 is 0. The van der Waals surface area contributed by atoms with Gasteiger partial charge in [0.15, 0.2) is 11.6 Å². The van der Waals surface area contributed by atoms with Crippen molar-refractivity contribution in [3.05, 3.63) is 65.7 Å². The van der Waals surface area contributed by atoms with Gasteiger partial charge < -0.3 is 25.7 Å². The summed E-state index contributed by atoms with van der Waals surface area (Å²) in [4.78, 5) is 21.8. The summed E-state index contributed by atoms with van der Waals surface area (Å²) in [5, 5.41) is 21.3. The number of amides is 1. The van der Waals surface area contributed by atoms with Gasteiger partial charge >= 0.3 is 0 Å². The van der Waals surface area contributed by atoms with Crippen LogP contribution in [0, 0.1) is 5.92 Å². The number of piperazine rings is 1. The zero-order valence-corrected chi connectivity index (χ0v) is 18.4. The third-order valence-corrected chi connectivity index (χ3v) is 6.71. The lowest BCUT2D eigenvalue weighted by atomic mass is 9.79. The highest BCUT2D eigenvalue weighted by molar-refractivity contribution is 5.87. The minimum atomic E-state index is -1.48. The van der Waals surface area contributed by atoms with Crippen LogP contribution in [0.15, 0.2) is 59.6 Å². The molecule has 0 bridgehead atoms. The lowest BCUT2D eigenvalue weighted by molar-refractivity contribution is -0.160. The van der Waals surface area contributed by atoms with Crippen molar-refractivity contribution in [2.75, 3.05) is 26.2 Å². The van der Waals surface area contributed by atoms with Crippen molar-refractivity contribution >= 4 is 11.9 Å². The van der Waals surface area contributed by atoms with E-state index in [0.717, 1.165) is 31.2 Å². The fraction of sp³-hybridized carbons (Fsp3) is 0.440. The third kappa shape index (κ3) is 4.58. The van der Waals surface area contributed by atoms with Crippen LogP contribution < -0.4 is 5.73 Å². The van der Waals surface area contributed by atoms with E-state index in [4.69, 9.17) is 5.73 Å². The monoisotopic (exact) mass is 436 g/mol. The van der Waals surface area contributed by atoms with E-state index in [9.17, 15) is 15.0 Å². The second kappa shape index (κ2) is 9.61. The Morgan fingerprint density at radius 1 is 1.00 bits per heavy atom. The Morgan fingerprint density at radius 2 is 1.66 bits per heavy atom. The van der Waals surface area contributed by atoms with Gasteiger partial charge in [0.1, 0.15) is 5.75 Å². The molecule has 0 aromatic heterocycles. The van der Waals surface area contributed by atoms with E-state index in [1.165, 1.54) is 0 Å². The lowest BCUT2D eigenvalue weighted by Crippen LogP contribution is -2.58. The first-order valence-corrected chi connectivity index (χ1v) is 11.4. The van der Waals surface area contributed by atoms with Gasteiger partial charge in [0.25, 0.3) is 5.91 Å². The molecule has 2 aliphatic rings. The zero-order valence-electron chi connectivity index (χ0n) is 18.4. The molecule has 1 atom stereocenters. The van der Waals surface area contributed by atoms with E-state index in [0.29, 0.717) is 44.2 Å². The van der Waals surface area contributed by atoms with Gasteiger partial charge in [-0.2, -0.15) is 0 Å². The van der Waals surface area contributed by atoms with Crippen molar-refractivity contribution < 1.29 is 15.0 Å². The van der Waals surface area contributed by atoms with Crippen LogP contribution in [-0.4, -0.2) is 58.1 Å².